The maximum Gasteiger partial charge on any atom is 0.573 e. The Bertz CT molecular complexity index is 1760. The van der Waals surface area contributed by atoms with Gasteiger partial charge in [0.1, 0.15) is 12.1 Å². The highest BCUT2D eigenvalue weighted by Crippen LogP contribution is 2.26. The van der Waals surface area contributed by atoms with E-state index in [0.717, 1.165) is 22.5 Å². The van der Waals surface area contributed by atoms with Crippen LogP contribution in [0.5, 0.6) is 5.75 Å². The summed E-state index contributed by atoms with van der Waals surface area (Å²) in [5, 5.41) is 20.7. The molecule has 2 atom stereocenters. The molecule has 0 amide bonds. The van der Waals surface area contributed by atoms with E-state index < -0.39 is 12.7 Å². The van der Waals surface area contributed by atoms with Gasteiger partial charge in [-0.25, -0.2) is 14.7 Å². The molecule has 2 heterocycles. The van der Waals surface area contributed by atoms with Crippen LogP contribution >= 0.6 is 11.3 Å². The van der Waals surface area contributed by atoms with Gasteiger partial charge in [-0.2, -0.15) is 0 Å². The zero-order valence-electron chi connectivity index (χ0n) is 24.7. The van der Waals surface area contributed by atoms with E-state index in [1.807, 2.05) is 55.6 Å². The Labute approximate surface area is 257 Å². The minimum absolute atomic E-state index is 0.164. The number of aliphatic hydroxyl groups excluding tert-OH is 1. The van der Waals surface area contributed by atoms with E-state index in [0.29, 0.717) is 28.7 Å². The van der Waals surface area contributed by atoms with Crippen molar-refractivity contribution in [2.45, 2.75) is 58.8 Å². The van der Waals surface area contributed by atoms with E-state index in [9.17, 15) is 18.3 Å². The van der Waals surface area contributed by atoms with Crippen LogP contribution in [0.15, 0.2) is 89.5 Å². The maximum absolute atomic E-state index is 12.4. The highest BCUT2D eigenvalue weighted by molar-refractivity contribution is 7.07. The topological polar surface area (TPSA) is 89.5 Å². The monoisotopic (exact) mass is 622 g/mol. The van der Waals surface area contributed by atoms with E-state index in [1.54, 1.807) is 0 Å². The molecule has 2 unspecified atom stereocenters. The normalized spacial score (nSPS) is 13.8. The predicted octanol–water partition coefficient (Wildman–Crippen LogP) is 7.03. The number of alkyl halides is 3. The standard InChI is InChI=1S/C32H33F3N6O2S/c1-5-27(37-30(42)38-31-41(21(4)18-44-31)28-9-7-6-8-26(28)20(2)3)22-10-12-23(13-11-22)29-36-19-40(39-29)24-14-16-25(17-15-24)43-32(33,34)35/h6-20,27,30,37,42H,5H2,1-4H3/b38-31-. The number of hydrogen-bond acceptors (Lipinski definition) is 7. The fourth-order valence-corrected chi connectivity index (χ4v) is 5.80. The molecule has 3 aromatic carbocycles. The summed E-state index contributed by atoms with van der Waals surface area (Å²) in [7, 11) is 0. The number of nitrogens with one attached hydrogen (secondary N) is 1. The first kappa shape index (κ1) is 31.2. The van der Waals surface area contributed by atoms with Crippen molar-refractivity contribution in [2.24, 2.45) is 4.99 Å². The molecule has 0 saturated heterocycles. The summed E-state index contributed by atoms with van der Waals surface area (Å²) in [6, 6.07) is 21.1. The van der Waals surface area contributed by atoms with Crippen molar-refractivity contribution in [2.75, 3.05) is 0 Å². The number of thiazole rings is 1. The van der Waals surface area contributed by atoms with Gasteiger partial charge in [0.2, 0.25) is 6.35 Å². The number of ether oxygens (including phenoxy) is 1. The molecular weight excluding hydrogens is 589 g/mol. The molecule has 5 aromatic rings. The summed E-state index contributed by atoms with van der Waals surface area (Å²) in [5.41, 5.74) is 5.57. The Kier molecular flexibility index (Phi) is 9.33. The molecule has 5 rings (SSSR count). The van der Waals surface area contributed by atoms with Crippen molar-refractivity contribution >= 4 is 11.3 Å². The zero-order valence-corrected chi connectivity index (χ0v) is 25.5. The van der Waals surface area contributed by atoms with Crippen LogP contribution in [-0.4, -0.2) is 37.2 Å². The Balaban J connectivity index is 1.30. The molecular formula is C32H33F3N6O2S. The number of para-hydroxylation sites is 1. The third kappa shape index (κ3) is 7.26. The van der Waals surface area contributed by atoms with Crippen LogP contribution in [0.3, 0.4) is 0 Å². The average Bonchev–Trinajstić information content (AvgIpc) is 3.62. The molecule has 2 N–H and O–H groups in total. The minimum Gasteiger partial charge on any atom is -0.406 e. The Morgan fingerprint density at radius 2 is 1.73 bits per heavy atom. The number of aliphatic hydroxyl groups is 1. The van der Waals surface area contributed by atoms with Crippen LogP contribution in [0, 0.1) is 6.92 Å². The van der Waals surface area contributed by atoms with Crippen molar-refractivity contribution in [1.29, 1.82) is 0 Å². The van der Waals surface area contributed by atoms with E-state index in [4.69, 9.17) is 0 Å². The summed E-state index contributed by atoms with van der Waals surface area (Å²) in [6.45, 7) is 8.38. The van der Waals surface area contributed by atoms with Crippen molar-refractivity contribution < 1.29 is 23.0 Å². The van der Waals surface area contributed by atoms with Crippen LogP contribution in [0.4, 0.5) is 13.2 Å². The lowest BCUT2D eigenvalue weighted by Crippen LogP contribution is -2.33. The summed E-state index contributed by atoms with van der Waals surface area (Å²) in [4.78, 5) is 9.68. The SMILES string of the molecule is CCC(NC(O)/N=c1\scc(C)n1-c1ccccc1C(C)C)c1ccc(-c2ncn(-c3ccc(OC(F)(F)F)cc3)n2)cc1. The summed E-state index contributed by atoms with van der Waals surface area (Å²) >= 11 is 1.48. The van der Waals surface area contributed by atoms with Gasteiger partial charge in [0, 0.05) is 22.7 Å². The van der Waals surface area contributed by atoms with E-state index in [2.05, 4.69) is 55.7 Å². The molecule has 0 bridgehead atoms. The van der Waals surface area contributed by atoms with Crippen LogP contribution < -0.4 is 14.9 Å². The van der Waals surface area contributed by atoms with Gasteiger partial charge in [0.15, 0.2) is 10.6 Å². The van der Waals surface area contributed by atoms with Crippen molar-refractivity contribution in [1.82, 2.24) is 24.6 Å². The first-order chi connectivity index (χ1) is 21.0. The summed E-state index contributed by atoms with van der Waals surface area (Å²) in [6.07, 6.45) is -3.67. The lowest BCUT2D eigenvalue weighted by Gasteiger charge is -2.20. The van der Waals surface area contributed by atoms with Crippen LogP contribution in [0.25, 0.3) is 22.8 Å². The summed E-state index contributed by atoms with van der Waals surface area (Å²) in [5.74, 6) is 0.483. The van der Waals surface area contributed by atoms with Crippen molar-refractivity contribution in [3.05, 3.63) is 106 Å². The number of benzene rings is 3. The number of aromatic nitrogens is 4. The van der Waals surface area contributed by atoms with Gasteiger partial charge in [0.05, 0.1) is 11.4 Å². The first-order valence-corrected chi connectivity index (χ1v) is 15.0. The van der Waals surface area contributed by atoms with Crippen LogP contribution in [0.2, 0.25) is 0 Å². The molecule has 0 fully saturated rings. The fraction of sp³-hybridized carbons (Fsp3) is 0.281. The first-order valence-electron chi connectivity index (χ1n) is 14.1. The molecule has 0 aliphatic rings. The maximum atomic E-state index is 12.4. The Morgan fingerprint density at radius 3 is 2.39 bits per heavy atom. The largest absolute Gasteiger partial charge is 0.573 e. The molecule has 8 nitrogen and oxygen atoms in total. The Hall–Kier alpha value is -4.26. The molecule has 12 heteroatoms. The molecule has 0 saturated carbocycles. The lowest BCUT2D eigenvalue weighted by atomic mass is 10.0. The quantitative estimate of drug-likeness (QED) is 0.163. The van der Waals surface area contributed by atoms with Crippen LogP contribution in [-0.2, 0) is 0 Å². The van der Waals surface area contributed by atoms with Gasteiger partial charge in [-0.05, 0) is 60.7 Å². The van der Waals surface area contributed by atoms with Gasteiger partial charge >= 0.3 is 6.36 Å². The van der Waals surface area contributed by atoms with Gasteiger partial charge in [-0.1, -0.05) is 63.2 Å². The summed E-state index contributed by atoms with van der Waals surface area (Å²) < 4.78 is 44.8. The van der Waals surface area contributed by atoms with Gasteiger partial charge in [-0.15, -0.1) is 29.6 Å². The number of rotatable bonds is 10. The molecule has 0 spiro atoms. The minimum atomic E-state index is -4.75. The lowest BCUT2D eigenvalue weighted by molar-refractivity contribution is -0.274. The number of aryl methyl sites for hydroxylation is 1. The smallest absolute Gasteiger partial charge is 0.406 e. The third-order valence-electron chi connectivity index (χ3n) is 7.07. The second kappa shape index (κ2) is 13.2. The van der Waals surface area contributed by atoms with Gasteiger partial charge in [0.25, 0.3) is 0 Å². The molecule has 0 aliphatic heterocycles. The van der Waals surface area contributed by atoms with Crippen molar-refractivity contribution in [3.63, 3.8) is 0 Å². The molecule has 230 valence electrons. The third-order valence-corrected chi connectivity index (χ3v) is 8.03. The van der Waals surface area contributed by atoms with Crippen molar-refractivity contribution in [3.8, 4) is 28.5 Å². The van der Waals surface area contributed by atoms with Crippen LogP contribution in [0.1, 0.15) is 56.0 Å². The average molecular weight is 623 g/mol. The van der Waals surface area contributed by atoms with E-state index >= 15 is 0 Å². The highest BCUT2D eigenvalue weighted by atomic mass is 32.1. The molecule has 44 heavy (non-hydrogen) atoms. The number of nitrogens with zero attached hydrogens (tertiary/aromatic N) is 5. The number of halogens is 3. The highest BCUT2D eigenvalue weighted by Gasteiger charge is 2.31. The molecule has 0 radical (unpaired) electrons. The van der Waals surface area contributed by atoms with Gasteiger partial charge in [-0.3, -0.25) is 9.88 Å². The second-order valence-corrected chi connectivity index (χ2v) is 11.4. The van der Waals surface area contributed by atoms with Gasteiger partial charge < -0.3 is 9.84 Å². The zero-order chi connectivity index (χ0) is 31.4. The number of hydrogen-bond donors (Lipinski definition) is 2. The van der Waals surface area contributed by atoms with E-state index in [1.165, 1.54) is 52.2 Å². The van der Waals surface area contributed by atoms with E-state index in [-0.39, 0.29) is 11.8 Å². The Morgan fingerprint density at radius 1 is 1.02 bits per heavy atom. The molecule has 0 aliphatic carbocycles. The fourth-order valence-electron chi connectivity index (χ4n) is 4.91. The molecule has 2 aromatic heterocycles. The predicted molar refractivity (Wildman–Crippen MR) is 164 cm³/mol. The second-order valence-electron chi connectivity index (χ2n) is 10.5.